The first-order valence-electron chi connectivity index (χ1n) is 12.7. The zero-order valence-corrected chi connectivity index (χ0v) is 20.5. The Labute approximate surface area is 197 Å². The van der Waals surface area contributed by atoms with Gasteiger partial charge in [0.1, 0.15) is 6.04 Å². The number of fused-ring (bicyclic) bond motifs is 1. The predicted molar refractivity (Wildman–Crippen MR) is 125 cm³/mol. The fourth-order valence-corrected chi connectivity index (χ4v) is 6.31. The Hall–Kier alpha value is -1.71. The first-order valence-corrected chi connectivity index (χ1v) is 12.7. The number of carbonyl (C=O) groups excluding carboxylic acids is 3. The van der Waals surface area contributed by atoms with Crippen LogP contribution in [-0.2, 0) is 19.1 Å². The van der Waals surface area contributed by atoms with Crippen molar-refractivity contribution in [2.75, 3.05) is 60.5 Å². The van der Waals surface area contributed by atoms with Crippen molar-refractivity contribution in [1.82, 2.24) is 24.9 Å². The molecule has 0 spiro atoms. The summed E-state index contributed by atoms with van der Waals surface area (Å²) in [5.74, 6) is 0.0487. The lowest BCUT2D eigenvalue weighted by Crippen LogP contribution is -2.54. The lowest BCUT2D eigenvalue weighted by Gasteiger charge is -2.39. The van der Waals surface area contributed by atoms with E-state index in [4.69, 9.17) is 4.74 Å². The van der Waals surface area contributed by atoms with Gasteiger partial charge in [-0.1, -0.05) is 0 Å². The molecule has 4 saturated heterocycles. The summed E-state index contributed by atoms with van der Waals surface area (Å²) >= 11 is 0. The Morgan fingerprint density at radius 3 is 2.36 bits per heavy atom. The highest BCUT2D eigenvalue weighted by molar-refractivity contribution is 5.83. The number of hydrogen-bond acceptors (Lipinski definition) is 7. The summed E-state index contributed by atoms with van der Waals surface area (Å²) < 4.78 is 4.84. The van der Waals surface area contributed by atoms with Crippen molar-refractivity contribution in [3.8, 4) is 0 Å². The largest absolute Gasteiger partial charge is 0.469 e. The number of hydrogen-bond donors (Lipinski definition) is 1. The second-order valence-corrected chi connectivity index (χ2v) is 10.4. The standard InChI is InChI=1S/C24H41N5O4/c1-26-11-8-18(9-12-26)29-15-10-20-22(29)23(31)25-16-19(27(20)2)4-5-21(30)28-13-6-17(7-14-28)24(32)33-3/h17-20,22H,4-16H2,1-3H3,(H,25,31)/t19-,20+,22-/m0/s1. The van der Waals surface area contributed by atoms with Crippen LogP contribution >= 0.6 is 0 Å². The number of piperidine rings is 2. The average molecular weight is 464 g/mol. The summed E-state index contributed by atoms with van der Waals surface area (Å²) in [6, 6.07) is 0.781. The van der Waals surface area contributed by atoms with E-state index in [1.807, 2.05) is 4.90 Å². The van der Waals surface area contributed by atoms with Gasteiger partial charge in [-0.25, -0.2) is 0 Å². The van der Waals surface area contributed by atoms with Crippen LogP contribution in [0.4, 0.5) is 0 Å². The number of nitrogens with one attached hydrogen (secondary N) is 1. The molecule has 9 nitrogen and oxygen atoms in total. The van der Waals surface area contributed by atoms with Crippen molar-refractivity contribution in [2.24, 2.45) is 5.92 Å². The molecule has 3 atom stereocenters. The van der Waals surface area contributed by atoms with Gasteiger partial charge in [0.2, 0.25) is 11.8 Å². The van der Waals surface area contributed by atoms with Gasteiger partial charge < -0.3 is 19.9 Å². The van der Waals surface area contributed by atoms with Crippen LogP contribution in [0.2, 0.25) is 0 Å². The Morgan fingerprint density at radius 2 is 1.70 bits per heavy atom. The third kappa shape index (κ3) is 5.35. The third-order valence-electron chi connectivity index (χ3n) is 8.52. The molecule has 186 valence electrons. The van der Waals surface area contributed by atoms with E-state index in [1.54, 1.807) is 0 Å². The van der Waals surface area contributed by atoms with Gasteiger partial charge in [-0.2, -0.15) is 0 Å². The first-order chi connectivity index (χ1) is 15.9. The minimum absolute atomic E-state index is 0.0820. The van der Waals surface area contributed by atoms with Gasteiger partial charge >= 0.3 is 5.97 Å². The molecule has 0 saturated carbocycles. The molecule has 2 amide bonds. The number of nitrogens with zero attached hydrogens (tertiary/aromatic N) is 4. The molecular weight excluding hydrogens is 422 g/mol. The van der Waals surface area contributed by atoms with Crippen molar-refractivity contribution >= 4 is 17.8 Å². The number of amides is 2. The van der Waals surface area contributed by atoms with Crippen molar-refractivity contribution in [2.45, 2.75) is 69.1 Å². The molecule has 1 N–H and O–H groups in total. The molecule has 0 aromatic rings. The number of methoxy groups -OCH3 is 1. The monoisotopic (exact) mass is 463 g/mol. The van der Waals surface area contributed by atoms with Crippen LogP contribution in [0.25, 0.3) is 0 Å². The molecular formula is C24H41N5O4. The van der Waals surface area contributed by atoms with E-state index >= 15 is 0 Å². The number of carbonyl (C=O) groups is 3. The van der Waals surface area contributed by atoms with Crippen LogP contribution in [0, 0.1) is 5.92 Å². The van der Waals surface area contributed by atoms with E-state index in [0.29, 0.717) is 44.9 Å². The second kappa shape index (κ2) is 10.7. The van der Waals surface area contributed by atoms with Gasteiger partial charge in [-0.3, -0.25) is 24.2 Å². The molecule has 33 heavy (non-hydrogen) atoms. The highest BCUT2D eigenvalue weighted by Crippen LogP contribution is 2.31. The van der Waals surface area contributed by atoms with Crippen LogP contribution in [0.5, 0.6) is 0 Å². The fraction of sp³-hybridized carbons (Fsp3) is 0.875. The Balaban J connectivity index is 1.30. The van der Waals surface area contributed by atoms with Gasteiger partial charge in [0.25, 0.3) is 0 Å². The van der Waals surface area contributed by atoms with E-state index < -0.39 is 0 Å². The van der Waals surface area contributed by atoms with Crippen LogP contribution in [0.15, 0.2) is 0 Å². The smallest absolute Gasteiger partial charge is 0.308 e. The van der Waals surface area contributed by atoms with E-state index in [0.717, 1.165) is 45.3 Å². The average Bonchev–Trinajstić information content (AvgIpc) is 3.24. The maximum absolute atomic E-state index is 13.1. The highest BCUT2D eigenvalue weighted by atomic mass is 16.5. The molecule has 4 fully saturated rings. The topological polar surface area (TPSA) is 85.4 Å². The van der Waals surface area contributed by atoms with Crippen LogP contribution in [0.1, 0.15) is 44.9 Å². The highest BCUT2D eigenvalue weighted by Gasteiger charge is 2.47. The Bertz CT molecular complexity index is 718. The van der Waals surface area contributed by atoms with Gasteiger partial charge in [-0.05, 0) is 65.7 Å². The molecule has 0 aliphatic carbocycles. The molecule has 0 unspecified atom stereocenters. The van der Waals surface area contributed by atoms with E-state index in [9.17, 15) is 14.4 Å². The SMILES string of the molecule is COC(=O)C1CCN(C(=O)CC[C@H]2CNC(=O)[C@@H]3[C@@H](CCN3C3CCN(C)CC3)N2C)CC1. The molecule has 0 aromatic carbocycles. The molecule has 4 aliphatic heterocycles. The van der Waals surface area contributed by atoms with E-state index in [1.165, 1.54) is 7.11 Å². The number of likely N-dealkylation sites (tertiary alicyclic amines) is 3. The molecule has 9 heteroatoms. The maximum Gasteiger partial charge on any atom is 0.308 e. The molecule has 0 aromatic heterocycles. The van der Waals surface area contributed by atoms with Crippen molar-refractivity contribution in [3.05, 3.63) is 0 Å². The van der Waals surface area contributed by atoms with Gasteiger partial charge in [0.15, 0.2) is 0 Å². The normalized spacial score (nSPS) is 31.2. The first kappa shape index (κ1) is 24.4. The summed E-state index contributed by atoms with van der Waals surface area (Å²) in [6.45, 7) is 5.00. The number of esters is 1. The molecule has 4 aliphatic rings. The number of likely N-dealkylation sites (N-methyl/N-ethyl adjacent to an activating group) is 1. The fourth-order valence-electron chi connectivity index (χ4n) is 6.31. The van der Waals surface area contributed by atoms with Crippen LogP contribution < -0.4 is 5.32 Å². The summed E-state index contributed by atoms with van der Waals surface area (Å²) in [7, 11) is 5.72. The predicted octanol–water partition coefficient (Wildman–Crippen LogP) is 0.146. The molecule has 4 heterocycles. The second-order valence-electron chi connectivity index (χ2n) is 10.4. The van der Waals surface area contributed by atoms with Crippen LogP contribution in [0.3, 0.4) is 0 Å². The summed E-state index contributed by atoms with van der Waals surface area (Å²) in [5.41, 5.74) is 0. The van der Waals surface area contributed by atoms with Crippen molar-refractivity contribution in [3.63, 3.8) is 0 Å². The lowest BCUT2D eigenvalue weighted by atomic mass is 9.96. The number of ether oxygens (including phenoxy) is 1. The van der Waals surface area contributed by atoms with Gasteiger partial charge in [0, 0.05) is 50.7 Å². The maximum atomic E-state index is 13.1. The number of rotatable bonds is 5. The summed E-state index contributed by atoms with van der Waals surface area (Å²) in [6.07, 6.45) is 5.82. The van der Waals surface area contributed by atoms with Gasteiger partial charge in [-0.15, -0.1) is 0 Å². The lowest BCUT2D eigenvalue weighted by molar-refractivity contribution is -0.149. The molecule has 0 radical (unpaired) electrons. The van der Waals surface area contributed by atoms with Gasteiger partial charge in [0.05, 0.1) is 13.0 Å². The summed E-state index contributed by atoms with van der Waals surface area (Å²) in [4.78, 5) is 46.8. The van der Waals surface area contributed by atoms with Crippen molar-refractivity contribution in [1.29, 1.82) is 0 Å². The summed E-state index contributed by atoms with van der Waals surface area (Å²) in [5, 5.41) is 3.19. The molecule has 0 bridgehead atoms. The van der Waals surface area contributed by atoms with E-state index in [-0.39, 0.29) is 41.8 Å². The van der Waals surface area contributed by atoms with E-state index in [2.05, 4.69) is 34.1 Å². The Kier molecular flexibility index (Phi) is 7.91. The van der Waals surface area contributed by atoms with Crippen LogP contribution in [-0.4, -0.2) is 122 Å². The van der Waals surface area contributed by atoms with Crippen molar-refractivity contribution < 1.29 is 19.1 Å². The zero-order chi connectivity index (χ0) is 23.5. The quantitative estimate of drug-likeness (QED) is 0.581. The molecule has 4 rings (SSSR count). The zero-order valence-electron chi connectivity index (χ0n) is 20.5. The minimum Gasteiger partial charge on any atom is -0.469 e. The Morgan fingerprint density at radius 1 is 1.00 bits per heavy atom. The third-order valence-corrected chi connectivity index (χ3v) is 8.52. The minimum atomic E-state index is -0.168.